The first kappa shape index (κ1) is 22.9. The van der Waals surface area contributed by atoms with Crippen LogP contribution in [0.5, 0.6) is 0 Å². The average molecular weight is 477 g/mol. The SMILES string of the molecule is Cc1ccc(C23CC4CC(CC(C(=O)OCC(=O)Nc5ccc(C#N)c(Cl)c5)(C4)C2)C3)cc1C. The summed E-state index contributed by atoms with van der Waals surface area (Å²) >= 11 is 6.04. The first-order valence-corrected chi connectivity index (χ1v) is 12.3. The zero-order valence-electron chi connectivity index (χ0n) is 19.6. The lowest BCUT2D eigenvalue weighted by molar-refractivity contribution is -0.175. The molecule has 0 aromatic heterocycles. The van der Waals surface area contributed by atoms with Gasteiger partial charge in [0.2, 0.25) is 0 Å². The van der Waals surface area contributed by atoms with Crippen LogP contribution in [0.15, 0.2) is 36.4 Å². The molecular formula is C28H29ClN2O3. The van der Waals surface area contributed by atoms with E-state index in [9.17, 15) is 9.59 Å². The summed E-state index contributed by atoms with van der Waals surface area (Å²) in [6.45, 7) is 3.96. The number of benzene rings is 2. The van der Waals surface area contributed by atoms with Gasteiger partial charge in [-0.1, -0.05) is 29.8 Å². The molecule has 176 valence electrons. The van der Waals surface area contributed by atoms with Crippen molar-refractivity contribution in [2.75, 3.05) is 11.9 Å². The van der Waals surface area contributed by atoms with E-state index in [0.29, 0.717) is 23.1 Å². The summed E-state index contributed by atoms with van der Waals surface area (Å²) < 4.78 is 5.62. The van der Waals surface area contributed by atoms with E-state index in [-0.39, 0.29) is 23.0 Å². The van der Waals surface area contributed by atoms with Crippen LogP contribution in [-0.4, -0.2) is 18.5 Å². The Kier molecular flexibility index (Phi) is 5.68. The Bertz CT molecular complexity index is 1200. The van der Waals surface area contributed by atoms with Gasteiger partial charge in [-0.2, -0.15) is 5.26 Å². The van der Waals surface area contributed by atoms with Gasteiger partial charge in [-0.05, 0) is 105 Å². The number of nitriles is 1. The lowest BCUT2D eigenvalue weighted by Crippen LogP contribution is -2.57. The van der Waals surface area contributed by atoms with Gasteiger partial charge in [0.05, 0.1) is 16.0 Å². The molecule has 0 heterocycles. The van der Waals surface area contributed by atoms with Gasteiger partial charge in [0.15, 0.2) is 6.61 Å². The van der Waals surface area contributed by atoms with Gasteiger partial charge >= 0.3 is 5.97 Å². The van der Waals surface area contributed by atoms with Gasteiger partial charge in [0.25, 0.3) is 5.91 Å². The Balaban J connectivity index is 1.29. The van der Waals surface area contributed by atoms with E-state index < -0.39 is 11.3 Å². The second kappa shape index (κ2) is 8.43. The Morgan fingerprint density at radius 3 is 2.47 bits per heavy atom. The van der Waals surface area contributed by atoms with Crippen molar-refractivity contribution in [2.45, 2.75) is 57.8 Å². The van der Waals surface area contributed by atoms with Crippen LogP contribution in [0.3, 0.4) is 0 Å². The molecule has 5 nitrogen and oxygen atoms in total. The van der Waals surface area contributed by atoms with Gasteiger partial charge in [-0.25, -0.2) is 0 Å². The number of rotatable bonds is 5. The van der Waals surface area contributed by atoms with E-state index in [1.807, 2.05) is 6.07 Å². The number of carbonyl (C=O) groups is 2. The largest absolute Gasteiger partial charge is 0.455 e. The zero-order chi connectivity index (χ0) is 24.1. The van der Waals surface area contributed by atoms with Crippen LogP contribution < -0.4 is 5.32 Å². The highest BCUT2D eigenvalue weighted by Crippen LogP contribution is 2.66. The molecule has 2 aromatic rings. The minimum Gasteiger partial charge on any atom is -0.455 e. The highest BCUT2D eigenvalue weighted by atomic mass is 35.5. The van der Waals surface area contributed by atoms with Crippen LogP contribution in [0.2, 0.25) is 5.02 Å². The van der Waals surface area contributed by atoms with E-state index in [0.717, 1.165) is 32.1 Å². The smallest absolute Gasteiger partial charge is 0.312 e. The van der Waals surface area contributed by atoms with Crippen molar-refractivity contribution in [3.63, 3.8) is 0 Å². The van der Waals surface area contributed by atoms with Crippen LogP contribution in [0.1, 0.15) is 60.8 Å². The molecule has 34 heavy (non-hydrogen) atoms. The molecule has 2 aromatic carbocycles. The Morgan fingerprint density at radius 2 is 1.82 bits per heavy atom. The monoisotopic (exact) mass is 476 g/mol. The molecule has 0 radical (unpaired) electrons. The molecule has 4 fully saturated rings. The maximum absolute atomic E-state index is 13.4. The summed E-state index contributed by atoms with van der Waals surface area (Å²) in [6.07, 6.45) is 6.01. The Hall–Kier alpha value is -2.84. The summed E-state index contributed by atoms with van der Waals surface area (Å²) in [5.74, 6) is 0.417. The number of hydrogen-bond donors (Lipinski definition) is 1. The van der Waals surface area contributed by atoms with Crippen molar-refractivity contribution < 1.29 is 14.3 Å². The van der Waals surface area contributed by atoms with E-state index in [1.165, 1.54) is 29.2 Å². The number of nitrogens with one attached hydrogen (secondary N) is 1. The van der Waals surface area contributed by atoms with Gasteiger partial charge < -0.3 is 10.1 Å². The van der Waals surface area contributed by atoms with Crippen molar-refractivity contribution in [2.24, 2.45) is 17.3 Å². The minimum absolute atomic E-state index is 0.0308. The van der Waals surface area contributed by atoms with Crippen LogP contribution in [0.25, 0.3) is 0 Å². The molecular weight excluding hydrogens is 448 g/mol. The van der Waals surface area contributed by atoms with Crippen molar-refractivity contribution in [3.05, 3.63) is 63.7 Å². The normalized spacial score (nSPS) is 28.9. The summed E-state index contributed by atoms with van der Waals surface area (Å²) in [4.78, 5) is 25.9. The van der Waals surface area contributed by atoms with Crippen LogP contribution in [0, 0.1) is 42.4 Å². The van der Waals surface area contributed by atoms with E-state index in [2.05, 4.69) is 37.4 Å². The molecule has 4 saturated carbocycles. The van der Waals surface area contributed by atoms with Gasteiger partial charge in [0, 0.05) is 5.69 Å². The maximum Gasteiger partial charge on any atom is 0.312 e. The molecule has 6 rings (SSSR count). The summed E-state index contributed by atoms with van der Waals surface area (Å²) in [6, 6.07) is 13.4. The molecule has 4 bridgehead atoms. The van der Waals surface area contributed by atoms with Gasteiger partial charge in [-0.15, -0.1) is 0 Å². The quantitative estimate of drug-likeness (QED) is 0.549. The van der Waals surface area contributed by atoms with Crippen LogP contribution in [-0.2, 0) is 19.7 Å². The summed E-state index contributed by atoms with van der Waals surface area (Å²) in [5, 5.41) is 12.0. The first-order chi connectivity index (χ1) is 16.2. The van der Waals surface area contributed by atoms with Gasteiger partial charge in [0.1, 0.15) is 6.07 Å². The van der Waals surface area contributed by atoms with E-state index in [4.69, 9.17) is 21.6 Å². The third kappa shape index (κ3) is 3.99. The number of anilines is 1. The molecule has 4 aliphatic rings. The van der Waals surface area contributed by atoms with Crippen molar-refractivity contribution in [1.82, 2.24) is 0 Å². The maximum atomic E-state index is 13.4. The predicted molar refractivity (Wildman–Crippen MR) is 130 cm³/mol. The van der Waals surface area contributed by atoms with Crippen molar-refractivity contribution in [1.29, 1.82) is 5.26 Å². The molecule has 2 unspecified atom stereocenters. The predicted octanol–water partition coefficient (Wildman–Crippen LogP) is 5.85. The molecule has 2 atom stereocenters. The summed E-state index contributed by atoms with van der Waals surface area (Å²) in [7, 11) is 0. The van der Waals surface area contributed by atoms with Crippen molar-refractivity contribution >= 4 is 29.2 Å². The fraction of sp³-hybridized carbons (Fsp3) is 0.464. The topological polar surface area (TPSA) is 79.2 Å². The number of halogens is 1. The van der Waals surface area contributed by atoms with Crippen LogP contribution >= 0.6 is 11.6 Å². The number of hydrogen-bond acceptors (Lipinski definition) is 4. The highest BCUT2D eigenvalue weighted by molar-refractivity contribution is 6.32. The number of amides is 1. The third-order valence-electron chi connectivity index (χ3n) is 8.32. The Labute approximate surface area is 205 Å². The third-order valence-corrected chi connectivity index (χ3v) is 8.63. The summed E-state index contributed by atoms with van der Waals surface area (Å²) in [5.41, 5.74) is 4.28. The highest BCUT2D eigenvalue weighted by Gasteiger charge is 2.61. The number of aryl methyl sites for hydroxylation is 2. The van der Waals surface area contributed by atoms with Crippen molar-refractivity contribution in [3.8, 4) is 6.07 Å². The second-order valence-corrected chi connectivity index (χ2v) is 11.2. The minimum atomic E-state index is -0.499. The average Bonchev–Trinajstić information content (AvgIpc) is 2.78. The number of esters is 1. The van der Waals surface area contributed by atoms with E-state index in [1.54, 1.807) is 12.1 Å². The molecule has 0 aliphatic heterocycles. The lowest BCUT2D eigenvalue weighted by atomic mass is 9.43. The second-order valence-electron chi connectivity index (χ2n) is 10.8. The lowest BCUT2D eigenvalue weighted by Gasteiger charge is -2.61. The van der Waals surface area contributed by atoms with Crippen LogP contribution in [0.4, 0.5) is 5.69 Å². The first-order valence-electron chi connectivity index (χ1n) is 12.0. The molecule has 1 N–H and O–H groups in total. The standard InChI is InChI=1S/C28H29ClN2O3/c1-17-3-5-22(7-18(17)2)27-10-19-8-20(11-27)13-28(12-19,16-27)26(33)34-15-25(32)31-23-6-4-21(14-30)24(29)9-23/h3-7,9,19-20H,8,10-13,15-16H2,1-2H3,(H,31,32). The molecule has 1 amide bonds. The number of ether oxygens (including phenoxy) is 1. The molecule has 0 saturated heterocycles. The number of nitrogens with zero attached hydrogens (tertiary/aromatic N) is 1. The Morgan fingerprint density at radius 1 is 1.09 bits per heavy atom. The van der Waals surface area contributed by atoms with Gasteiger partial charge in [-0.3, -0.25) is 9.59 Å². The fourth-order valence-corrected chi connectivity index (χ4v) is 7.30. The van der Waals surface area contributed by atoms with E-state index >= 15 is 0 Å². The molecule has 0 spiro atoms. The fourth-order valence-electron chi connectivity index (χ4n) is 7.08. The zero-order valence-corrected chi connectivity index (χ0v) is 20.4. The molecule has 4 aliphatic carbocycles. The molecule has 6 heteroatoms. The number of carbonyl (C=O) groups excluding carboxylic acids is 2.